The normalized spacial score (nSPS) is 29.4. The molecule has 1 heterocycles. The quantitative estimate of drug-likeness (QED) is 0.593. The van der Waals surface area contributed by atoms with Gasteiger partial charge >= 0.3 is 6.03 Å². The van der Waals surface area contributed by atoms with Crippen LogP contribution in [-0.4, -0.2) is 28.0 Å². The van der Waals surface area contributed by atoms with Gasteiger partial charge in [-0.2, -0.15) is 0 Å². The Hall–Kier alpha value is -0.810. The largest absolute Gasteiger partial charge is 0.324 e. The summed E-state index contributed by atoms with van der Waals surface area (Å²) in [5.74, 6) is 1.53. The van der Waals surface area contributed by atoms with Crippen molar-refractivity contribution in [2.75, 3.05) is 5.32 Å². The van der Waals surface area contributed by atoms with Crippen LogP contribution in [0.15, 0.2) is 6.20 Å². The van der Waals surface area contributed by atoms with Gasteiger partial charge in [0.1, 0.15) is 4.34 Å². The molecule has 2 saturated carbocycles. The van der Waals surface area contributed by atoms with E-state index < -0.39 is 0 Å². The Bertz CT molecular complexity index is 626. The molecule has 6 heteroatoms. The summed E-state index contributed by atoms with van der Waals surface area (Å²) in [6.45, 7) is 9.36. The number of hydrogen-bond acceptors (Lipinski definition) is 3. The molecule has 0 atom stereocenters. The van der Waals surface area contributed by atoms with Crippen LogP contribution in [0.3, 0.4) is 0 Å². The second kappa shape index (κ2) is 8.69. The van der Waals surface area contributed by atoms with E-state index in [9.17, 15) is 4.79 Å². The monoisotopic (exact) mass is 411 g/mol. The zero-order valence-electron chi connectivity index (χ0n) is 17.1. The van der Waals surface area contributed by atoms with Gasteiger partial charge < -0.3 is 4.90 Å². The number of anilines is 1. The van der Waals surface area contributed by atoms with E-state index in [1.807, 2.05) is 0 Å². The molecule has 0 aliphatic heterocycles. The Balaban J connectivity index is 1.71. The number of urea groups is 1. The lowest BCUT2D eigenvalue weighted by molar-refractivity contribution is 0.0752. The molecule has 2 aliphatic carbocycles. The van der Waals surface area contributed by atoms with Crippen molar-refractivity contribution >= 4 is 34.1 Å². The Morgan fingerprint density at radius 3 is 2.15 bits per heavy atom. The molecule has 4 nitrogen and oxygen atoms in total. The molecule has 2 amide bonds. The average Bonchev–Trinajstić information content (AvgIpc) is 3.01. The van der Waals surface area contributed by atoms with Crippen molar-refractivity contribution in [2.24, 2.45) is 17.3 Å². The van der Waals surface area contributed by atoms with Crippen LogP contribution in [0.4, 0.5) is 9.93 Å². The SMILES string of the molecule is CC1CCC(N(C(=O)Nc2ncc(Cl)s2)C2CCC(C(C)(C)C)CC2)CC1. The Kier molecular flexibility index (Phi) is 6.73. The van der Waals surface area contributed by atoms with Crippen LogP contribution in [0.2, 0.25) is 4.34 Å². The highest BCUT2D eigenvalue weighted by Crippen LogP contribution is 2.41. The summed E-state index contributed by atoms with van der Waals surface area (Å²) in [4.78, 5) is 19.6. The number of carbonyl (C=O) groups is 1. The highest BCUT2D eigenvalue weighted by Gasteiger charge is 2.37. The number of hydrogen-bond donors (Lipinski definition) is 1. The zero-order chi connectivity index (χ0) is 19.6. The molecule has 27 heavy (non-hydrogen) atoms. The molecule has 0 saturated heterocycles. The van der Waals surface area contributed by atoms with Crippen LogP contribution in [0, 0.1) is 17.3 Å². The number of nitrogens with zero attached hydrogens (tertiary/aromatic N) is 2. The Labute approximate surface area is 173 Å². The first kappa shape index (κ1) is 20.9. The van der Waals surface area contributed by atoms with Crippen molar-refractivity contribution in [3.63, 3.8) is 0 Å². The maximum absolute atomic E-state index is 13.2. The fourth-order valence-corrected chi connectivity index (χ4v) is 5.64. The molecular weight excluding hydrogens is 378 g/mol. The van der Waals surface area contributed by atoms with Crippen LogP contribution >= 0.6 is 22.9 Å². The van der Waals surface area contributed by atoms with Crippen molar-refractivity contribution in [1.29, 1.82) is 0 Å². The predicted octanol–water partition coefficient (Wildman–Crippen LogP) is 6.81. The lowest BCUT2D eigenvalue weighted by Gasteiger charge is -2.45. The molecular formula is C21H34ClN3OS. The third-order valence-corrected chi connectivity index (χ3v) is 7.65. The minimum Gasteiger partial charge on any atom is -0.319 e. The number of rotatable bonds is 3. The zero-order valence-corrected chi connectivity index (χ0v) is 18.7. The molecule has 1 N–H and O–H groups in total. The standard InChI is InChI=1S/C21H34ClN3OS/c1-14-5-9-16(10-6-14)25(20(26)24-19-23-13-18(22)27-19)17-11-7-15(8-12-17)21(2,3)4/h13-17H,5-12H2,1-4H3,(H,23,24,26). The third-order valence-electron chi connectivity index (χ3n) is 6.62. The maximum atomic E-state index is 13.2. The summed E-state index contributed by atoms with van der Waals surface area (Å²) in [6.07, 6.45) is 10.9. The summed E-state index contributed by atoms with van der Waals surface area (Å²) >= 11 is 7.31. The van der Waals surface area contributed by atoms with E-state index in [1.54, 1.807) is 6.20 Å². The molecule has 0 unspecified atom stereocenters. The van der Waals surface area contributed by atoms with Gasteiger partial charge in [0.15, 0.2) is 5.13 Å². The summed E-state index contributed by atoms with van der Waals surface area (Å²) in [6, 6.07) is 0.713. The van der Waals surface area contributed by atoms with E-state index in [0.29, 0.717) is 27.0 Å². The van der Waals surface area contributed by atoms with Gasteiger partial charge in [-0.3, -0.25) is 5.32 Å². The van der Waals surface area contributed by atoms with Gasteiger partial charge in [-0.1, -0.05) is 50.6 Å². The number of halogens is 1. The molecule has 2 fully saturated rings. The maximum Gasteiger partial charge on any atom is 0.324 e. The van der Waals surface area contributed by atoms with Crippen molar-refractivity contribution in [3.8, 4) is 0 Å². The van der Waals surface area contributed by atoms with E-state index in [2.05, 4.69) is 42.9 Å². The molecule has 152 valence electrons. The first-order valence-corrected chi connectivity index (χ1v) is 11.6. The average molecular weight is 412 g/mol. The number of aromatic nitrogens is 1. The first-order chi connectivity index (χ1) is 12.7. The fourth-order valence-electron chi connectivity index (χ4n) is 4.84. The van der Waals surface area contributed by atoms with Crippen molar-refractivity contribution in [3.05, 3.63) is 10.5 Å². The van der Waals surface area contributed by atoms with E-state index in [0.717, 1.165) is 37.5 Å². The fraction of sp³-hybridized carbons (Fsp3) is 0.810. The van der Waals surface area contributed by atoms with Crippen LogP contribution in [-0.2, 0) is 0 Å². The summed E-state index contributed by atoms with van der Waals surface area (Å²) in [7, 11) is 0. The van der Waals surface area contributed by atoms with E-state index in [4.69, 9.17) is 11.6 Å². The second-order valence-electron chi connectivity index (χ2n) is 9.59. The van der Waals surface area contributed by atoms with Crippen molar-refractivity contribution in [2.45, 2.75) is 91.1 Å². The lowest BCUT2D eigenvalue weighted by atomic mass is 9.71. The summed E-state index contributed by atoms with van der Waals surface area (Å²) in [5, 5.41) is 3.62. The van der Waals surface area contributed by atoms with Crippen molar-refractivity contribution in [1.82, 2.24) is 9.88 Å². The minimum atomic E-state index is 0.0137. The highest BCUT2D eigenvalue weighted by molar-refractivity contribution is 7.19. The van der Waals surface area contributed by atoms with Gasteiger partial charge in [0.2, 0.25) is 0 Å². The van der Waals surface area contributed by atoms with E-state index in [1.165, 1.54) is 37.0 Å². The predicted molar refractivity (Wildman–Crippen MR) is 115 cm³/mol. The third kappa shape index (κ3) is 5.38. The molecule has 1 aromatic rings. The number of nitrogens with one attached hydrogen (secondary N) is 1. The van der Waals surface area contributed by atoms with Gasteiger partial charge in [-0.15, -0.1) is 0 Å². The summed E-state index contributed by atoms with van der Waals surface area (Å²) in [5.41, 5.74) is 0.357. The molecule has 2 aliphatic rings. The second-order valence-corrected chi connectivity index (χ2v) is 11.3. The van der Waals surface area contributed by atoms with Gasteiger partial charge in [-0.05, 0) is 68.6 Å². The van der Waals surface area contributed by atoms with Crippen molar-refractivity contribution < 1.29 is 4.79 Å². The van der Waals surface area contributed by atoms with Gasteiger partial charge in [-0.25, -0.2) is 9.78 Å². The van der Waals surface area contributed by atoms with Crippen LogP contribution in [0.5, 0.6) is 0 Å². The summed E-state index contributed by atoms with van der Waals surface area (Å²) < 4.78 is 0.606. The van der Waals surface area contributed by atoms with E-state index in [-0.39, 0.29) is 6.03 Å². The molecule has 0 aromatic carbocycles. The minimum absolute atomic E-state index is 0.0137. The van der Waals surface area contributed by atoms with Crippen LogP contribution in [0.1, 0.15) is 79.1 Å². The Morgan fingerprint density at radius 1 is 1.11 bits per heavy atom. The smallest absolute Gasteiger partial charge is 0.319 e. The van der Waals surface area contributed by atoms with Gasteiger partial charge in [0, 0.05) is 12.1 Å². The van der Waals surface area contributed by atoms with E-state index >= 15 is 0 Å². The molecule has 0 spiro atoms. The van der Waals surface area contributed by atoms with Crippen LogP contribution < -0.4 is 5.32 Å². The number of thiazole rings is 1. The number of amides is 2. The molecule has 0 bridgehead atoms. The topological polar surface area (TPSA) is 45.2 Å². The van der Waals surface area contributed by atoms with Gasteiger partial charge in [0.25, 0.3) is 0 Å². The first-order valence-electron chi connectivity index (χ1n) is 10.4. The van der Waals surface area contributed by atoms with Gasteiger partial charge in [0.05, 0.1) is 6.20 Å². The molecule has 0 radical (unpaired) electrons. The van der Waals surface area contributed by atoms with Crippen LogP contribution in [0.25, 0.3) is 0 Å². The molecule has 1 aromatic heterocycles. The lowest BCUT2D eigenvalue weighted by Crippen LogP contribution is -2.51. The molecule has 3 rings (SSSR count). The Morgan fingerprint density at radius 2 is 1.67 bits per heavy atom. The highest BCUT2D eigenvalue weighted by atomic mass is 35.5. The number of carbonyl (C=O) groups excluding carboxylic acids is 1.